The van der Waals surface area contributed by atoms with Gasteiger partial charge in [0.2, 0.25) is 0 Å². The molecular weight excluding hydrogens is 546 g/mol. The van der Waals surface area contributed by atoms with E-state index in [2.05, 4.69) is 26.2 Å². The van der Waals surface area contributed by atoms with E-state index in [0.717, 1.165) is 51.4 Å². The van der Waals surface area contributed by atoms with E-state index in [4.69, 9.17) is 25.0 Å². The highest BCUT2D eigenvalue weighted by Crippen LogP contribution is 2.29. The molecule has 3 aromatic heterocycles. The Balaban J connectivity index is 1.41. The Morgan fingerprint density at radius 1 is 1.24 bits per heavy atom. The Morgan fingerprint density at radius 3 is 2.62 bits per heavy atom. The summed E-state index contributed by atoms with van der Waals surface area (Å²) in [6.45, 7) is 8.78. The van der Waals surface area contributed by atoms with Crippen molar-refractivity contribution in [3.8, 4) is 11.8 Å². The standard InChI is InChI=1S/C29H34F2N8O3/c1-17(2)42-26(28-24(31)9-21(30)12-34-28)16-41-25-8-19(13-39-29(25)20(10-32)11-35-39)27(37-33)18(3)36-22-4-6-38(7-5-22)23-14-40-15-23/h8-9,11-13,17,22-23,26H,4-7,14-16,33H2,1-3H3/b36-18?,37-27+. The van der Waals surface area contributed by atoms with Crippen LogP contribution in [0.5, 0.6) is 5.75 Å². The number of rotatable bonds is 10. The molecule has 2 N–H and O–H groups in total. The van der Waals surface area contributed by atoms with Crippen LogP contribution in [-0.4, -0.2) is 82.0 Å². The molecule has 5 heterocycles. The third kappa shape index (κ3) is 6.41. The van der Waals surface area contributed by atoms with Gasteiger partial charge in [0.1, 0.15) is 58.6 Å². The van der Waals surface area contributed by atoms with Gasteiger partial charge >= 0.3 is 0 Å². The number of nitrogens with two attached hydrogens (primary N) is 1. The summed E-state index contributed by atoms with van der Waals surface area (Å²) in [6, 6.07) is 5.21. The molecule has 0 radical (unpaired) electrons. The molecule has 0 bridgehead atoms. The monoisotopic (exact) mass is 580 g/mol. The average molecular weight is 581 g/mol. The molecule has 11 nitrogen and oxygen atoms in total. The summed E-state index contributed by atoms with van der Waals surface area (Å²) in [4.78, 5) is 11.3. The highest BCUT2D eigenvalue weighted by Gasteiger charge is 2.30. The Kier molecular flexibility index (Phi) is 9.06. The molecule has 1 atom stereocenters. The van der Waals surface area contributed by atoms with Crippen LogP contribution in [0.1, 0.15) is 56.5 Å². The van der Waals surface area contributed by atoms with Crippen LogP contribution in [0.15, 0.2) is 40.8 Å². The fourth-order valence-electron chi connectivity index (χ4n) is 5.27. The number of ether oxygens (including phenoxy) is 3. The van der Waals surface area contributed by atoms with Gasteiger partial charge in [0.15, 0.2) is 0 Å². The lowest BCUT2D eigenvalue weighted by Gasteiger charge is -2.40. The number of fused-ring (bicyclic) bond motifs is 1. The summed E-state index contributed by atoms with van der Waals surface area (Å²) in [6.07, 6.45) is 4.66. The SMILES string of the molecule is CC(=NC1CCN(C2COC2)CC1)/C(=N\N)c1cc(OCC(OC(C)C)c2ncc(F)cc2F)c2c(C#N)cnn2c1. The molecule has 0 aromatic carbocycles. The van der Waals surface area contributed by atoms with Crippen molar-refractivity contribution >= 4 is 16.9 Å². The molecule has 42 heavy (non-hydrogen) atoms. The van der Waals surface area contributed by atoms with Crippen molar-refractivity contribution in [2.75, 3.05) is 32.9 Å². The third-order valence-corrected chi connectivity index (χ3v) is 7.42. The first-order chi connectivity index (χ1) is 20.3. The lowest BCUT2D eigenvalue weighted by Crippen LogP contribution is -2.52. The smallest absolute Gasteiger partial charge is 0.150 e. The van der Waals surface area contributed by atoms with E-state index in [9.17, 15) is 14.0 Å². The van der Waals surface area contributed by atoms with Gasteiger partial charge in [-0.05, 0) is 39.7 Å². The molecule has 3 aromatic rings. The van der Waals surface area contributed by atoms with Crippen molar-refractivity contribution < 1.29 is 23.0 Å². The van der Waals surface area contributed by atoms with Gasteiger partial charge in [-0.3, -0.25) is 14.9 Å². The molecule has 2 saturated heterocycles. The molecule has 5 rings (SSSR count). The van der Waals surface area contributed by atoms with E-state index in [-0.39, 0.29) is 35.8 Å². The molecule has 0 saturated carbocycles. The van der Waals surface area contributed by atoms with E-state index in [1.54, 1.807) is 26.1 Å². The number of hydrogen-bond acceptors (Lipinski definition) is 10. The maximum Gasteiger partial charge on any atom is 0.150 e. The summed E-state index contributed by atoms with van der Waals surface area (Å²) >= 11 is 0. The summed E-state index contributed by atoms with van der Waals surface area (Å²) in [5.74, 6) is 4.51. The largest absolute Gasteiger partial charge is 0.488 e. The average Bonchev–Trinajstić information content (AvgIpc) is 3.35. The maximum atomic E-state index is 14.6. The zero-order valence-corrected chi connectivity index (χ0v) is 23.8. The number of likely N-dealkylation sites (tertiary alicyclic amines) is 1. The van der Waals surface area contributed by atoms with Crippen molar-refractivity contribution in [2.45, 2.75) is 57.9 Å². The molecule has 0 amide bonds. The number of aromatic nitrogens is 3. The first kappa shape index (κ1) is 29.5. The predicted molar refractivity (Wildman–Crippen MR) is 152 cm³/mol. The second-order valence-corrected chi connectivity index (χ2v) is 10.7. The number of hydrazone groups is 1. The van der Waals surface area contributed by atoms with Crippen molar-refractivity contribution in [1.82, 2.24) is 19.5 Å². The third-order valence-electron chi connectivity index (χ3n) is 7.42. The number of halogens is 2. The van der Waals surface area contributed by atoms with Crippen molar-refractivity contribution in [3.63, 3.8) is 0 Å². The topological polar surface area (TPSA) is 136 Å². The van der Waals surface area contributed by atoms with Crippen LogP contribution < -0.4 is 10.6 Å². The highest BCUT2D eigenvalue weighted by atomic mass is 19.1. The number of nitrogens with zero attached hydrogens (tertiary/aromatic N) is 7. The van der Waals surface area contributed by atoms with Crippen LogP contribution in [0, 0.1) is 23.0 Å². The fraction of sp³-hybridized carbons (Fsp3) is 0.483. The van der Waals surface area contributed by atoms with Gasteiger partial charge in [0.05, 0.1) is 49.5 Å². The Labute approximate surface area is 242 Å². The van der Waals surface area contributed by atoms with E-state index >= 15 is 0 Å². The van der Waals surface area contributed by atoms with Crippen LogP contribution in [0.3, 0.4) is 0 Å². The molecule has 1 unspecified atom stereocenters. The van der Waals surface area contributed by atoms with Crippen LogP contribution in [0.25, 0.3) is 5.52 Å². The normalized spacial score (nSPS) is 18.3. The number of piperidine rings is 1. The summed E-state index contributed by atoms with van der Waals surface area (Å²) in [5, 5.41) is 18.1. The van der Waals surface area contributed by atoms with Gasteiger partial charge < -0.3 is 20.1 Å². The predicted octanol–water partition coefficient (Wildman–Crippen LogP) is 3.41. The maximum absolute atomic E-state index is 14.6. The van der Waals surface area contributed by atoms with Crippen LogP contribution >= 0.6 is 0 Å². The summed E-state index contributed by atoms with van der Waals surface area (Å²) < 4.78 is 47.0. The fourth-order valence-corrected chi connectivity index (χ4v) is 5.27. The Bertz CT molecular complexity index is 1520. The number of nitriles is 1. The highest BCUT2D eigenvalue weighted by molar-refractivity contribution is 6.47. The van der Waals surface area contributed by atoms with E-state index in [0.29, 0.717) is 28.5 Å². The Hall–Kier alpha value is -3.99. The lowest BCUT2D eigenvalue weighted by molar-refractivity contribution is -0.0709. The second kappa shape index (κ2) is 12.9. The van der Waals surface area contributed by atoms with E-state index < -0.39 is 17.7 Å². The number of hydrogen-bond donors (Lipinski definition) is 1. The zero-order chi connectivity index (χ0) is 29.8. The minimum absolute atomic E-state index is 0.0886. The van der Waals surface area contributed by atoms with Gasteiger partial charge in [-0.2, -0.15) is 15.5 Å². The molecule has 2 aliphatic heterocycles. The van der Waals surface area contributed by atoms with E-state index in [1.807, 2.05) is 6.92 Å². The molecule has 13 heteroatoms. The first-order valence-corrected chi connectivity index (χ1v) is 13.9. The quantitative estimate of drug-likeness (QED) is 0.219. The number of pyridine rings is 2. The van der Waals surface area contributed by atoms with Crippen LogP contribution in [-0.2, 0) is 9.47 Å². The molecular formula is C29H34F2N8O3. The molecule has 0 aliphatic carbocycles. The van der Waals surface area contributed by atoms with E-state index in [1.165, 1.54) is 10.7 Å². The minimum Gasteiger partial charge on any atom is -0.488 e. The van der Waals surface area contributed by atoms with Gasteiger partial charge in [-0.1, -0.05) is 0 Å². The minimum atomic E-state index is -0.953. The molecule has 2 fully saturated rings. The van der Waals surface area contributed by atoms with Crippen molar-refractivity contribution in [3.05, 3.63) is 59.2 Å². The van der Waals surface area contributed by atoms with Crippen molar-refractivity contribution in [2.24, 2.45) is 15.9 Å². The molecule has 2 aliphatic rings. The summed E-state index contributed by atoms with van der Waals surface area (Å²) in [5.41, 5.74) is 2.30. The van der Waals surface area contributed by atoms with Gasteiger partial charge in [0.25, 0.3) is 0 Å². The Morgan fingerprint density at radius 2 is 2.00 bits per heavy atom. The molecule has 0 spiro atoms. The van der Waals surface area contributed by atoms with Crippen molar-refractivity contribution in [1.29, 1.82) is 5.26 Å². The zero-order valence-electron chi connectivity index (χ0n) is 23.8. The lowest BCUT2D eigenvalue weighted by atomic mass is 10.0. The van der Waals surface area contributed by atoms with Gasteiger partial charge in [-0.15, -0.1) is 0 Å². The summed E-state index contributed by atoms with van der Waals surface area (Å²) in [7, 11) is 0. The van der Waals surface area contributed by atoms with Crippen LogP contribution in [0.2, 0.25) is 0 Å². The van der Waals surface area contributed by atoms with Gasteiger partial charge in [-0.25, -0.2) is 13.3 Å². The van der Waals surface area contributed by atoms with Gasteiger partial charge in [0, 0.05) is 30.9 Å². The first-order valence-electron chi connectivity index (χ1n) is 13.9. The van der Waals surface area contributed by atoms with Crippen LogP contribution in [0.4, 0.5) is 8.78 Å². The number of aliphatic imine (C=N–C) groups is 1. The molecule has 222 valence electrons. The second-order valence-electron chi connectivity index (χ2n) is 10.7.